The predicted octanol–water partition coefficient (Wildman–Crippen LogP) is 3.80. The number of esters is 1. The molecular weight excluding hydrogens is 200 g/mol. The zero-order valence-corrected chi connectivity index (χ0v) is 10.3. The molecule has 0 atom stereocenters. The number of hydrogen-bond acceptors (Lipinski definition) is 2. The minimum absolute atomic E-state index is 0.159. The van der Waals surface area contributed by atoms with Crippen molar-refractivity contribution >= 4 is 5.97 Å². The van der Waals surface area contributed by atoms with Crippen LogP contribution in [0.3, 0.4) is 0 Å². The monoisotopic (exact) mass is 222 g/mol. The molecule has 0 N–H and O–H groups in total. The fraction of sp³-hybridized carbons (Fsp3) is 0.500. The molecular formula is C14H22O2. The van der Waals surface area contributed by atoms with Crippen LogP contribution in [0.25, 0.3) is 0 Å². The summed E-state index contributed by atoms with van der Waals surface area (Å²) in [5.74, 6) is -0.159. The van der Waals surface area contributed by atoms with Crippen molar-refractivity contribution in [3.63, 3.8) is 0 Å². The predicted molar refractivity (Wildman–Crippen MR) is 68.2 cm³/mol. The highest BCUT2D eigenvalue weighted by Crippen LogP contribution is 1.94. The summed E-state index contributed by atoms with van der Waals surface area (Å²) in [6.45, 7) is 4.39. The van der Waals surface area contributed by atoms with Gasteiger partial charge in [0.15, 0.2) is 0 Å². The fourth-order valence-corrected chi connectivity index (χ4v) is 1.11. The van der Waals surface area contributed by atoms with E-state index in [-0.39, 0.29) is 5.97 Å². The van der Waals surface area contributed by atoms with E-state index in [2.05, 4.69) is 31.2 Å². The highest BCUT2D eigenvalue weighted by Gasteiger charge is 1.94. The molecule has 0 radical (unpaired) electrons. The van der Waals surface area contributed by atoms with Crippen molar-refractivity contribution in [1.29, 1.82) is 0 Å². The molecule has 0 heterocycles. The third-order valence-corrected chi connectivity index (χ3v) is 1.87. The zero-order chi connectivity index (χ0) is 12.1. The van der Waals surface area contributed by atoms with Gasteiger partial charge in [-0.1, -0.05) is 43.4 Å². The first-order chi connectivity index (χ1) is 7.81. The molecule has 0 unspecified atom stereocenters. The van der Waals surface area contributed by atoms with Gasteiger partial charge in [-0.15, -0.1) is 0 Å². The largest absolute Gasteiger partial charge is 0.466 e. The Labute approximate surface area is 98.7 Å². The van der Waals surface area contributed by atoms with Crippen LogP contribution in [-0.2, 0) is 9.53 Å². The van der Waals surface area contributed by atoms with Gasteiger partial charge >= 0.3 is 5.97 Å². The Bertz CT molecular complexity index is 249. The Morgan fingerprint density at radius 1 is 0.938 bits per heavy atom. The lowest BCUT2D eigenvalue weighted by molar-refractivity contribution is -0.142. The number of rotatable bonds is 8. The van der Waals surface area contributed by atoms with Crippen LogP contribution in [0.5, 0.6) is 0 Å². The first-order valence-corrected chi connectivity index (χ1v) is 5.91. The Balaban J connectivity index is 3.46. The van der Waals surface area contributed by atoms with Crippen molar-refractivity contribution in [2.24, 2.45) is 0 Å². The van der Waals surface area contributed by atoms with Gasteiger partial charge in [0, 0.05) is 0 Å². The smallest absolute Gasteiger partial charge is 0.309 e. The minimum atomic E-state index is -0.159. The van der Waals surface area contributed by atoms with Gasteiger partial charge < -0.3 is 4.74 Å². The standard InChI is InChI=1S/C14H22O2/c1-3-5-6-7-8-9-10-11-12-13-14(15)16-4-2/h5-6,8-9,11-12H,3-4,7,10,13H2,1-2H3/b6-5-,9-8-,12-11-. The Hall–Kier alpha value is -1.31. The lowest BCUT2D eigenvalue weighted by atomic mass is 10.2. The van der Waals surface area contributed by atoms with E-state index >= 15 is 0 Å². The summed E-state index contributed by atoms with van der Waals surface area (Å²) in [5.41, 5.74) is 0. The Morgan fingerprint density at radius 2 is 1.50 bits per heavy atom. The number of carbonyl (C=O) groups excluding carboxylic acids is 1. The van der Waals surface area contributed by atoms with Gasteiger partial charge in [-0.25, -0.2) is 0 Å². The van der Waals surface area contributed by atoms with Crippen molar-refractivity contribution in [2.45, 2.75) is 39.5 Å². The van der Waals surface area contributed by atoms with Gasteiger partial charge in [-0.2, -0.15) is 0 Å². The second kappa shape index (κ2) is 11.8. The van der Waals surface area contributed by atoms with Gasteiger partial charge in [0.2, 0.25) is 0 Å². The zero-order valence-electron chi connectivity index (χ0n) is 10.3. The van der Waals surface area contributed by atoms with E-state index < -0.39 is 0 Å². The van der Waals surface area contributed by atoms with E-state index in [1.165, 1.54) is 0 Å². The molecule has 2 nitrogen and oxygen atoms in total. The van der Waals surface area contributed by atoms with E-state index in [4.69, 9.17) is 4.74 Å². The molecule has 0 aromatic rings. The molecule has 0 saturated heterocycles. The number of ether oxygens (including phenoxy) is 1. The second-order valence-corrected chi connectivity index (χ2v) is 3.30. The average Bonchev–Trinajstić information content (AvgIpc) is 2.27. The van der Waals surface area contributed by atoms with Crippen LogP contribution in [0.4, 0.5) is 0 Å². The highest BCUT2D eigenvalue weighted by atomic mass is 16.5. The summed E-state index contributed by atoms with van der Waals surface area (Å²) in [6, 6.07) is 0. The van der Waals surface area contributed by atoms with E-state index in [0.717, 1.165) is 19.3 Å². The van der Waals surface area contributed by atoms with Crippen LogP contribution >= 0.6 is 0 Å². The molecule has 0 aliphatic carbocycles. The molecule has 0 aromatic carbocycles. The van der Waals surface area contributed by atoms with Crippen LogP contribution in [-0.4, -0.2) is 12.6 Å². The molecule has 90 valence electrons. The van der Waals surface area contributed by atoms with Crippen LogP contribution < -0.4 is 0 Å². The quantitative estimate of drug-likeness (QED) is 0.461. The summed E-state index contributed by atoms with van der Waals surface area (Å²) in [7, 11) is 0. The third kappa shape index (κ3) is 10.8. The summed E-state index contributed by atoms with van der Waals surface area (Å²) in [5, 5.41) is 0. The Kier molecular flexibility index (Phi) is 10.8. The van der Waals surface area contributed by atoms with Gasteiger partial charge in [-0.05, 0) is 26.2 Å². The van der Waals surface area contributed by atoms with Crippen molar-refractivity contribution in [2.75, 3.05) is 6.61 Å². The van der Waals surface area contributed by atoms with E-state index in [9.17, 15) is 4.79 Å². The minimum Gasteiger partial charge on any atom is -0.466 e. The second-order valence-electron chi connectivity index (χ2n) is 3.30. The van der Waals surface area contributed by atoms with Gasteiger partial charge in [0.1, 0.15) is 0 Å². The van der Waals surface area contributed by atoms with Crippen LogP contribution in [0, 0.1) is 0 Å². The summed E-state index contributed by atoms with van der Waals surface area (Å²) in [6.07, 6.45) is 15.7. The molecule has 0 aromatic heterocycles. The highest BCUT2D eigenvalue weighted by molar-refractivity contribution is 5.71. The topological polar surface area (TPSA) is 26.3 Å². The molecule has 0 rings (SSSR count). The molecule has 0 bridgehead atoms. The van der Waals surface area contributed by atoms with Crippen LogP contribution in [0.15, 0.2) is 36.5 Å². The molecule has 0 saturated carbocycles. The fourth-order valence-electron chi connectivity index (χ4n) is 1.11. The lowest BCUT2D eigenvalue weighted by Gasteiger charge is -1.95. The Morgan fingerprint density at radius 3 is 2.06 bits per heavy atom. The number of carbonyl (C=O) groups is 1. The summed E-state index contributed by atoms with van der Waals surface area (Å²) < 4.78 is 4.80. The maximum absolute atomic E-state index is 10.9. The molecule has 0 aliphatic heterocycles. The van der Waals surface area contributed by atoms with Crippen LogP contribution in [0.2, 0.25) is 0 Å². The molecule has 0 aliphatic rings. The summed E-state index contributed by atoms with van der Waals surface area (Å²) in [4.78, 5) is 10.9. The van der Waals surface area contributed by atoms with Crippen molar-refractivity contribution in [3.8, 4) is 0 Å². The first-order valence-electron chi connectivity index (χ1n) is 5.91. The molecule has 0 amide bonds. The van der Waals surface area contributed by atoms with E-state index in [0.29, 0.717) is 13.0 Å². The molecule has 2 heteroatoms. The van der Waals surface area contributed by atoms with Gasteiger partial charge in [0.25, 0.3) is 0 Å². The van der Waals surface area contributed by atoms with Gasteiger partial charge in [-0.3, -0.25) is 4.79 Å². The van der Waals surface area contributed by atoms with E-state index in [1.54, 1.807) is 0 Å². The van der Waals surface area contributed by atoms with Crippen molar-refractivity contribution < 1.29 is 9.53 Å². The molecule has 0 spiro atoms. The van der Waals surface area contributed by atoms with Gasteiger partial charge in [0.05, 0.1) is 13.0 Å². The number of allylic oxidation sites excluding steroid dienone is 5. The molecule has 0 fully saturated rings. The first kappa shape index (κ1) is 14.7. The van der Waals surface area contributed by atoms with Crippen molar-refractivity contribution in [3.05, 3.63) is 36.5 Å². The maximum atomic E-state index is 10.9. The van der Waals surface area contributed by atoms with Crippen LogP contribution in [0.1, 0.15) is 39.5 Å². The SMILES string of the molecule is CC/C=C\C/C=C\C/C=C\CC(=O)OCC. The third-order valence-electron chi connectivity index (χ3n) is 1.87. The number of hydrogen-bond donors (Lipinski definition) is 0. The lowest BCUT2D eigenvalue weighted by Crippen LogP contribution is -2.01. The normalized spacial score (nSPS) is 11.9. The maximum Gasteiger partial charge on any atom is 0.309 e. The van der Waals surface area contributed by atoms with E-state index in [1.807, 2.05) is 19.1 Å². The van der Waals surface area contributed by atoms with Crippen molar-refractivity contribution in [1.82, 2.24) is 0 Å². The average molecular weight is 222 g/mol. The molecule has 16 heavy (non-hydrogen) atoms. The summed E-state index contributed by atoms with van der Waals surface area (Å²) >= 11 is 0.